The quantitative estimate of drug-likeness (QED) is 0.871. The van der Waals surface area contributed by atoms with Crippen LogP contribution in [0.25, 0.3) is 0 Å². The van der Waals surface area contributed by atoms with E-state index in [4.69, 9.17) is 0 Å². The van der Waals surface area contributed by atoms with Gasteiger partial charge >= 0.3 is 0 Å². The van der Waals surface area contributed by atoms with Crippen molar-refractivity contribution >= 4 is 11.6 Å². The fourth-order valence-electron chi connectivity index (χ4n) is 1.47. The number of benzene rings is 2. The van der Waals surface area contributed by atoms with Gasteiger partial charge in [-0.2, -0.15) is 0 Å². The molecular weight excluding hydrogens is 243 g/mol. The van der Waals surface area contributed by atoms with E-state index in [9.17, 15) is 18.0 Å². The van der Waals surface area contributed by atoms with Crippen molar-refractivity contribution in [3.8, 4) is 0 Å². The van der Waals surface area contributed by atoms with Gasteiger partial charge in [-0.15, -0.1) is 0 Å². The van der Waals surface area contributed by atoms with Crippen LogP contribution in [-0.2, 0) is 0 Å². The number of hydrogen-bond donors (Lipinski definition) is 1. The SMILES string of the molecule is O=C(Nc1ccccc1)c1c(F)cc(F)cc1F. The molecule has 1 amide bonds. The number of nitrogens with one attached hydrogen (secondary N) is 1. The number of hydrogen-bond acceptors (Lipinski definition) is 1. The summed E-state index contributed by atoms with van der Waals surface area (Å²) in [6.07, 6.45) is 0. The molecule has 0 spiro atoms. The minimum Gasteiger partial charge on any atom is -0.322 e. The monoisotopic (exact) mass is 251 g/mol. The van der Waals surface area contributed by atoms with Gasteiger partial charge in [-0.25, -0.2) is 13.2 Å². The molecule has 0 aliphatic heterocycles. The van der Waals surface area contributed by atoms with E-state index in [1.165, 1.54) is 0 Å². The van der Waals surface area contributed by atoms with Crippen molar-refractivity contribution in [2.45, 2.75) is 0 Å². The first-order chi connectivity index (χ1) is 8.58. The molecule has 2 nitrogen and oxygen atoms in total. The molecule has 0 aromatic heterocycles. The molecule has 5 heteroatoms. The summed E-state index contributed by atoms with van der Waals surface area (Å²) in [7, 11) is 0. The average Bonchev–Trinajstić information content (AvgIpc) is 2.28. The van der Waals surface area contributed by atoms with Crippen LogP contribution in [0.3, 0.4) is 0 Å². The molecule has 0 fully saturated rings. The first kappa shape index (κ1) is 12.2. The van der Waals surface area contributed by atoms with Crippen molar-refractivity contribution in [2.24, 2.45) is 0 Å². The highest BCUT2D eigenvalue weighted by Gasteiger charge is 2.18. The summed E-state index contributed by atoms with van der Waals surface area (Å²) < 4.78 is 39.3. The third kappa shape index (κ3) is 2.51. The molecule has 0 heterocycles. The molecule has 0 atom stereocenters. The fraction of sp³-hybridized carbons (Fsp3) is 0. The summed E-state index contributed by atoms with van der Waals surface area (Å²) in [5.74, 6) is -4.50. The fourth-order valence-corrected chi connectivity index (χ4v) is 1.47. The van der Waals surface area contributed by atoms with E-state index in [-0.39, 0.29) is 0 Å². The van der Waals surface area contributed by atoms with E-state index in [0.717, 1.165) is 0 Å². The number of carbonyl (C=O) groups is 1. The Morgan fingerprint density at radius 1 is 0.944 bits per heavy atom. The van der Waals surface area contributed by atoms with Gasteiger partial charge < -0.3 is 5.32 Å². The number of carbonyl (C=O) groups excluding carboxylic acids is 1. The van der Waals surface area contributed by atoms with Crippen molar-refractivity contribution in [1.82, 2.24) is 0 Å². The molecule has 0 unspecified atom stereocenters. The molecule has 92 valence electrons. The third-order valence-electron chi connectivity index (χ3n) is 2.27. The summed E-state index contributed by atoms with van der Waals surface area (Å²) >= 11 is 0. The van der Waals surface area contributed by atoms with Crippen molar-refractivity contribution in [2.75, 3.05) is 5.32 Å². The predicted molar refractivity (Wildman–Crippen MR) is 60.7 cm³/mol. The lowest BCUT2D eigenvalue weighted by Crippen LogP contribution is -2.16. The standard InChI is InChI=1S/C13H8F3NO/c14-8-6-10(15)12(11(16)7-8)13(18)17-9-4-2-1-3-5-9/h1-7H,(H,17,18). The molecule has 0 aliphatic carbocycles. The van der Waals surface area contributed by atoms with Crippen molar-refractivity contribution in [3.63, 3.8) is 0 Å². The van der Waals surface area contributed by atoms with Gasteiger partial charge in [0, 0.05) is 17.8 Å². The van der Waals surface area contributed by atoms with E-state index < -0.39 is 28.9 Å². The van der Waals surface area contributed by atoms with Gasteiger partial charge in [0.15, 0.2) is 0 Å². The molecule has 0 saturated heterocycles. The number of rotatable bonds is 2. The van der Waals surface area contributed by atoms with Crippen molar-refractivity contribution < 1.29 is 18.0 Å². The molecule has 1 N–H and O–H groups in total. The largest absolute Gasteiger partial charge is 0.322 e. The van der Waals surface area contributed by atoms with E-state index in [0.29, 0.717) is 17.8 Å². The summed E-state index contributed by atoms with van der Waals surface area (Å²) in [6.45, 7) is 0. The highest BCUT2D eigenvalue weighted by Crippen LogP contribution is 2.16. The smallest absolute Gasteiger partial charge is 0.261 e. The zero-order valence-electron chi connectivity index (χ0n) is 9.08. The Labute approximate surface area is 101 Å². The van der Waals surface area contributed by atoms with Crippen LogP contribution in [0.1, 0.15) is 10.4 Å². The minimum absolute atomic E-state index is 0.394. The lowest BCUT2D eigenvalue weighted by atomic mass is 10.1. The first-order valence-corrected chi connectivity index (χ1v) is 5.09. The van der Waals surface area contributed by atoms with Crippen LogP contribution < -0.4 is 5.32 Å². The Hall–Kier alpha value is -2.30. The van der Waals surface area contributed by atoms with E-state index in [1.54, 1.807) is 30.3 Å². The average molecular weight is 251 g/mol. The van der Waals surface area contributed by atoms with Crippen LogP contribution in [0.15, 0.2) is 42.5 Å². The second-order valence-corrected chi connectivity index (χ2v) is 3.56. The Balaban J connectivity index is 2.30. The third-order valence-corrected chi connectivity index (χ3v) is 2.27. The Kier molecular flexibility index (Phi) is 3.32. The maximum atomic E-state index is 13.3. The minimum atomic E-state index is -1.24. The van der Waals surface area contributed by atoms with Crippen molar-refractivity contribution in [3.05, 3.63) is 65.5 Å². The van der Waals surface area contributed by atoms with Gasteiger partial charge in [-0.1, -0.05) is 18.2 Å². The number of para-hydroxylation sites is 1. The van der Waals surface area contributed by atoms with Crippen LogP contribution >= 0.6 is 0 Å². The summed E-state index contributed by atoms with van der Waals surface area (Å²) in [5, 5.41) is 2.32. The summed E-state index contributed by atoms with van der Waals surface area (Å²) in [6, 6.07) is 9.11. The second kappa shape index (κ2) is 4.91. The van der Waals surface area contributed by atoms with E-state index >= 15 is 0 Å². The van der Waals surface area contributed by atoms with Gasteiger partial charge in [0.1, 0.15) is 23.0 Å². The Bertz CT molecular complexity index is 561. The van der Waals surface area contributed by atoms with E-state index in [2.05, 4.69) is 5.32 Å². The molecule has 0 radical (unpaired) electrons. The van der Waals surface area contributed by atoms with Crippen LogP contribution in [0.4, 0.5) is 18.9 Å². The lowest BCUT2D eigenvalue weighted by Gasteiger charge is -2.07. The topological polar surface area (TPSA) is 29.1 Å². The van der Waals surface area contributed by atoms with Crippen LogP contribution in [0.2, 0.25) is 0 Å². The summed E-state index contributed by atoms with van der Waals surface area (Å²) in [5.41, 5.74) is -0.411. The molecule has 18 heavy (non-hydrogen) atoms. The highest BCUT2D eigenvalue weighted by atomic mass is 19.1. The zero-order chi connectivity index (χ0) is 13.1. The van der Waals surface area contributed by atoms with Crippen LogP contribution in [0.5, 0.6) is 0 Å². The Morgan fingerprint density at radius 2 is 1.50 bits per heavy atom. The normalized spacial score (nSPS) is 10.2. The van der Waals surface area contributed by atoms with Gasteiger partial charge in [-0.05, 0) is 12.1 Å². The molecule has 2 aromatic carbocycles. The maximum Gasteiger partial charge on any atom is 0.261 e. The first-order valence-electron chi connectivity index (χ1n) is 5.09. The predicted octanol–water partition coefficient (Wildman–Crippen LogP) is 3.36. The Morgan fingerprint density at radius 3 is 2.06 bits per heavy atom. The van der Waals surface area contributed by atoms with Gasteiger partial charge in [0.25, 0.3) is 5.91 Å². The van der Waals surface area contributed by atoms with Crippen LogP contribution in [0, 0.1) is 17.5 Å². The molecule has 2 rings (SSSR count). The molecule has 0 aliphatic rings. The van der Waals surface area contributed by atoms with Gasteiger partial charge in [0.05, 0.1) is 0 Å². The molecule has 2 aromatic rings. The van der Waals surface area contributed by atoms with Gasteiger partial charge in [0.2, 0.25) is 0 Å². The maximum absolute atomic E-state index is 13.3. The molecular formula is C13H8F3NO. The second-order valence-electron chi connectivity index (χ2n) is 3.56. The number of halogens is 3. The van der Waals surface area contributed by atoms with Crippen LogP contribution in [-0.4, -0.2) is 5.91 Å². The zero-order valence-corrected chi connectivity index (χ0v) is 9.08. The number of anilines is 1. The number of amides is 1. The summed E-state index contributed by atoms with van der Waals surface area (Å²) in [4.78, 5) is 11.7. The highest BCUT2D eigenvalue weighted by molar-refractivity contribution is 6.04. The molecule has 0 saturated carbocycles. The van der Waals surface area contributed by atoms with E-state index in [1.807, 2.05) is 0 Å². The van der Waals surface area contributed by atoms with Crippen molar-refractivity contribution in [1.29, 1.82) is 0 Å². The molecule has 0 bridgehead atoms. The lowest BCUT2D eigenvalue weighted by molar-refractivity contribution is 0.101. The van der Waals surface area contributed by atoms with Gasteiger partial charge in [-0.3, -0.25) is 4.79 Å².